The fraction of sp³-hybridized carbons (Fsp3) is 0.509. The smallest absolute Gasteiger partial charge is 0.308 e. The summed E-state index contributed by atoms with van der Waals surface area (Å²) in [5.41, 5.74) is 5.11. The van der Waals surface area contributed by atoms with Crippen LogP contribution < -0.4 is 18.9 Å². The van der Waals surface area contributed by atoms with Crippen molar-refractivity contribution in [1.29, 1.82) is 0 Å². The van der Waals surface area contributed by atoms with E-state index in [2.05, 4.69) is 62.4 Å². The molecule has 1 aliphatic carbocycles. The van der Waals surface area contributed by atoms with Crippen molar-refractivity contribution in [3.63, 3.8) is 0 Å². The van der Waals surface area contributed by atoms with Crippen LogP contribution in [0.25, 0.3) is 0 Å². The van der Waals surface area contributed by atoms with Gasteiger partial charge in [-0.25, -0.2) is 0 Å². The maximum atomic E-state index is 11.3. The van der Waals surface area contributed by atoms with Crippen LogP contribution in [0, 0.1) is 0 Å². The monoisotopic (exact) mass is 809 g/mol. The molecule has 59 heavy (non-hydrogen) atoms. The Bertz CT molecular complexity index is 1740. The van der Waals surface area contributed by atoms with Gasteiger partial charge >= 0.3 is 11.9 Å². The van der Waals surface area contributed by atoms with Crippen LogP contribution in [-0.2, 0) is 20.4 Å². The molecule has 6 heteroatoms. The number of unbranched alkanes of at least 4 members (excludes halogenated alkanes) is 10. The average Bonchev–Trinajstić information content (AvgIpc) is 3.23. The predicted molar refractivity (Wildman–Crippen MR) is 246 cm³/mol. The van der Waals surface area contributed by atoms with Crippen LogP contribution in [-0.4, -0.2) is 26.2 Å². The first-order chi connectivity index (χ1) is 27.6. The Balaban J connectivity index is 0.000000410. The first kappa shape index (κ1) is 50.6. The molecule has 0 saturated heterocycles. The largest absolute Gasteiger partial charge is 0.497 e. The minimum Gasteiger partial charge on any atom is -0.497 e. The summed E-state index contributed by atoms with van der Waals surface area (Å²) in [6.45, 7) is 7.46. The van der Waals surface area contributed by atoms with Crippen molar-refractivity contribution < 1.29 is 28.5 Å². The zero-order valence-corrected chi connectivity index (χ0v) is 35.7. The standard InChI is InChI=1S/C30H44O3.C21H24O3.2CH4/c1-5-6-7-8-9-10-11-12-13-14-15-24-30(3,26-16-20-28(32-4)21-17-26)27-18-22-29(23-19-27)33-25(2)31;1-16(22)24-20-12-8-18(9-13-20)21(14-4-3-5-15-21)17-6-10-19(23-2)11-7-17;;/h16-23H,5-15,24H2,1-4H3;6-13H,3-5,14-15H2,1-2H3;2*1H4. The number of carbonyl (C=O) groups is 2. The lowest BCUT2D eigenvalue weighted by Gasteiger charge is -2.38. The van der Waals surface area contributed by atoms with Crippen molar-refractivity contribution in [2.45, 2.75) is 163 Å². The lowest BCUT2D eigenvalue weighted by molar-refractivity contribution is -0.132. The summed E-state index contributed by atoms with van der Waals surface area (Å²) in [5, 5.41) is 0. The topological polar surface area (TPSA) is 71.1 Å². The normalized spacial score (nSPS) is 13.9. The molecule has 1 fully saturated rings. The highest BCUT2D eigenvalue weighted by Crippen LogP contribution is 2.45. The van der Waals surface area contributed by atoms with Crippen LogP contribution in [0.15, 0.2) is 97.1 Å². The second kappa shape index (κ2) is 26.5. The number of rotatable bonds is 20. The Morgan fingerprint density at radius 1 is 0.508 bits per heavy atom. The number of benzene rings is 4. The molecule has 1 atom stereocenters. The van der Waals surface area contributed by atoms with Gasteiger partial charge in [0.05, 0.1) is 14.2 Å². The number of esters is 2. The number of ether oxygens (including phenoxy) is 4. The molecule has 1 aliphatic rings. The Labute approximate surface area is 358 Å². The predicted octanol–water partition coefficient (Wildman–Crippen LogP) is 14.8. The fourth-order valence-electron chi connectivity index (χ4n) is 8.43. The molecule has 1 unspecified atom stereocenters. The van der Waals surface area contributed by atoms with Crippen molar-refractivity contribution in [3.05, 3.63) is 119 Å². The van der Waals surface area contributed by atoms with Gasteiger partial charge in [0.2, 0.25) is 0 Å². The minimum absolute atomic E-state index is 0. The van der Waals surface area contributed by atoms with Crippen molar-refractivity contribution in [1.82, 2.24) is 0 Å². The summed E-state index contributed by atoms with van der Waals surface area (Å²) < 4.78 is 21.1. The van der Waals surface area contributed by atoms with Gasteiger partial charge in [0, 0.05) is 24.7 Å². The van der Waals surface area contributed by atoms with Crippen LogP contribution in [0.5, 0.6) is 23.0 Å². The molecule has 0 aromatic heterocycles. The maximum absolute atomic E-state index is 11.3. The SMILES string of the molecule is C.C.CCCCCCCCCCCCCC(C)(c1ccc(OC)cc1)c1ccc(OC(C)=O)cc1.COc1ccc(C2(c3ccc(OC(C)=O)cc3)CCCCC2)cc1. The minimum atomic E-state index is -0.290. The van der Waals surface area contributed by atoms with E-state index in [1.165, 1.54) is 126 Å². The molecule has 0 aliphatic heterocycles. The van der Waals surface area contributed by atoms with E-state index in [1.54, 1.807) is 14.2 Å². The summed E-state index contributed by atoms with van der Waals surface area (Å²) >= 11 is 0. The second-order valence-electron chi connectivity index (χ2n) is 16.0. The van der Waals surface area contributed by atoms with Gasteiger partial charge in [-0.2, -0.15) is 0 Å². The Morgan fingerprint density at radius 3 is 1.22 bits per heavy atom. The van der Waals surface area contributed by atoms with E-state index in [1.807, 2.05) is 48.5 Å². The highest BCUT2D eigenvalue weighted by molar-refractivity contribution is 5.69. The van der Waals surface area contributed by atoms with Crippen molar-refractivity contribution in [2.24, 2.45) is 0 Å². The third-order valence-electron chi connectivity index (χ3n) is 11.8. The zero-order chi connectivity index (χ0) is 40.9. The summed E-state index contributed by atoms with van der Waals surface area (Å²) in [7, 11) is 3.40. The van der Waals surface area contributed by atoms with Crippen LogP contribution >= 0.6 is 0 Å². The lowest BCUT2D eigenvalue weighted by Crippen LogP contribution is -2.30. The van der Waals surface area contributed by atoms with E-state index in [4.69, 9.17) is 18.9 Å². The highest BCUT2D eigenvalue weighted by Gasteiger charge is 2.35. The molecular formula is C53H76O6. The average molecular weight is 809 g/mol. The third kappa shape index (κ3) is 15.5. The quantitative estimate of drug-likeness (QED) is 0.0503. The molecule has 0 N–H and O–H groups in total. The number of hydrogen-bond donors (Lipinski definition) is 0. The molecule has 0 heterocycles. The molecule has 1 saturated carbocycles. The molecule has 0 amide bonds. The van der Waals surface area contributed by atoms with E-state index in [-0.39, 0.29) is 37.6 Å². The van der Waals surface area contributed by atoms with Gasteiger partial charge < -0.3 is 18.9 Å². The van der Waals surface area contributed by atoms with E-state index < -0.39 is 0 Å². The summed E-state index contributed by atoms with van der Waals surface area (Å²) in [5.74, 6) is 2.38. The van der Waals surface area contributed by atoms with Gasteiger partial charge in [0.1, 0.15) is 23.0 Å². The molecule has 324 valence electrons. The molecule has 4 aromatic rings. The van der Waals surface area contributed by atoms with Crippen LogP contribution in [0.2, 0.25) is 0 Å². The van der Waals surface area contributed by atoms with Crippen molar-refractivity contribution >= 4 is 11.9 Å². The molecular weight excluding hydrogens is 733 g/mol. The van der Waals surface area contributed by atoms with Crippen LogP contribution in [0.1, 0.15) is 174 Å². The van der Waals surface area contributed by atoms with Gasteiger partial charge in [0.25, 0.3) is 0 Å². The molecule has 4 aromatic carbocycles. The molecule has 0 radical (unpaired) electrons. The van der Waals surface area contributed by atoms with Gasteiger partial charge in [-0.15, -0.1) is 0 Å². The van der Waals surface area contributed by atoms with Gasteiger partial charge in [-0.05, 0) is 90.0 Å². The van der Waals surface area contributed by atoms with Gasteiger partial charge in [-0.1, -0.05) is 167 Å². The number of carbonyl (C=O) groups excluding carboxylic acids is 2. The molecule has 5 rings (SSSR count). The molecule has 0 spiro atoms. The van der Waals surface area contributed by atoms with Crippen LogP contribution in [0.3, 0.4) is 0 Å². The Hall–Kier alpha value is -4.58. The number of methoxy groups -OCH3 is 2. The first-order valence-corrected chi connectivity index (χ1v) is 21.5. The molecule has 6 nitrogen and oxygen atoms in total. The van der Waals surface area contributed by atoms with E-state index >= 15 is 0 Å². The van der Waals surface area contributed by atoms with Crippen molar-refractivity contribution in [3.8, 4) is 23.0 Å². The first-order valence-electron chi connectivity index (χ1n) is 21.5. The highest BCUT2D eigenvalue weighted by atomic mass is 16.5. The Morgan fingerprint density at radius 2 is 0.847 bits per heavy atom. The third-order valence-corrected chi connectivity index (χ3v) is 11.8. The van der Waals surface area contributed by atoms with Crippen molar-refractivity contribution in [2.75, 3.05) is 14.2 Å². The van der Waals surface area contributed by atoms with E-state index in [9.17, 15) is 9.59 Å². The van der Waals surface area contributed by atoms with E-state index in [0.717, 1.165) is 30.8 Å². The van der Waals surface area contributed by atoms with Crippen LogP contribution in [0.4, 0.5) is 0 Å². The number of hydrogen-bond acceptors (Lipinski definition) is 6. The molecule has 0 bridgehead atoms. The lowest BCUT2D eigenvalue weighted by atomic mass is 9.65. The van der Waals surface area contributed by atoms with Gasteiger partial charge in [-0.3, -0.25) is 9.59 Å². The summed E-state index contributed by atoms with van der Waals surface area (Å²) in [4.78, 5) is 22.4. The zero-order valence-electron chi connectivity index (χ0n) is 35.7. The van der Waals surface area contributed by atoms with Gasteiger partial charge in [0.15, 0.2) is 0 Å². The van der Waals surface area contributed by atoms with E-state index in [0.29, 0.717) is 11.5 Å². The maximum Gasteiger partial charge on any atom is 0.308 e. The second-order valence-corrected chi connectivity index (χ2v) is 16.0. The fourth-order valence-corrected chi connectivity index (χ4v) is 8.43. The summed E-state index contributed by atoms with van der Waals surface area (Å²) in [6, 6.07) is 32.9. The Kier molecular flexibility index (Phi) is 22.7. The summed E-state index contributed by atoms with van der Waals surface area (Å²) in [6.07, 6.45) is 22.0.